The maximum absolute atomic E-state index is 5.40. The molecular weight excluding hydrogens is 529 g/mol. The molecule has 7 nitrogen and oxygen atoms in total. The van der Waals surface area contributed by atoms with Crippen molar-refractivity contribution >= 4 is 29.9 Å². The molecule has 0 bridgehead atoms. The van der Waals surface area contributed by atoms with Crippen LogP contribution in [0.5, 0.6) is 11.5 Å². The van der Waals surface area contributed by atoms with Crippen LogP contribution in [-0.4, -0.2) is 69.8 Å². The van der Waals surface area contributed by atoms with E-state index in [1.807, 2.05) is 18.2 Å². The van der Waals surface area contributed by atoms with E-state index in [1.165, 1.54) is 11.1 Å². The van der Waals surface area contributed by atoms with Crippen molar-refractivity contribution in [2.75, 3.05) is 54.0 Å². The first-order valence-corrected chi connectivity index (χ1v) is 11.3. The number of rotatable bonds is 9. The summed E-state index contributed by atoms with van der Waals surface area (Å²) in [7, 11) is 5.09. The lowest BCUT2D eigenvalue weighted by Gasteiger charge is -2.34. The molecule has 0 amide bonds. The van der Waals surface area contributed by atoms with Gasteiger partial charge in [0.1, 0.15) is 0 Å². The largest absolute Gasteiger partial charge is 0.493 e. The van der Waals surface area contributed by atoms with Crippen molar-refractivity contribution in [3.05, 3.63) is 59.2 Å². The molecule has 0 saturated carbocycles. The minimum atomic E-state index is 0. The molecule has 2 N–H and O–H groups in total. The van der Waals surface area contributed by atoms with Crippen molar-refractivity contribution in [2.24, 2.45) is 4.99 Å². The van der Waals surface area contributed by atoms with Crippen LogP contribution in [0.15, 0.2) is 47.5 Å². The van der Waals surface area contributed by atoms with Crippen LogP contribution >= 0.6 is 24.0 Å². The van der Waals surface area contributed by atoms with Crippen LogP contribution in [0.4, 0.5) is 0 Å². The number of benzene rings is 2. The summed E-state index contributed by atoms with van der Waals surface area (Å²) in [6, 6.07) is 14.6. The molecule has 0 unspecified atom stereocenters. The van der Waals surface area contributed by atoms with Gasteiger partial charge in [0.15, 0.2) is 17.5 Å². The predicted octanol–water partition coefficient (Wildman–Crippen LogP) is 3.32. The number of aliphatic imine (C=N–C) groups is 1. The Labute approximate surface area is 215 Å². The van der Waals surface area contributed by atoms with Crippen molar-refractivity contribution in [1.29, 1.82) is 0 Å². The summed E-state index contributed by atoms with van der Waals surface area (Å²) in [6.07, 6.45) is 0. The minimum Gasteiger partial charge on any atom is -0.493 e. The Morgan fingerprint density at radius 3 is 2.15 bits per heavy atom. The van der Waals surface area contributed by atoms with E-state index in [1.54, 1.807) is 21.3 Å². The van der Waals surface area contributed by atoms with E-state index >= 15 is 0 Å². The summed E-state index contributed by atoms with van der Waals surface area (Å²) in [4.78, 5) is 9.44. The summed E-state index contributed by atoms with van der Waals surface area (Å²) in [5.74, 6) is 2.22. The van der Waals surface area contributed by atoms with E-state index in [2.05, 4.69) is 56.6 Å². The highest BCUT2D eigenvalue weighted by atomic mass is 127. The zero-order valence-corrected chi connectivity index (χ0v) is 22.6. The second kappa shape index (κ2) is 14.3. The molecule has 1 fully saturated rings. The van der Waals surface area contributed by atoms with Gasteiger partial charge in [-0.15, -0.1) is 24.0 Å². The van der Waals surface area contributed by atoms with Gasteiger partial charge in [-0.05, 0) is 35.4 Å². The summed E-state index contributed by atoms with van der Waals surface area (Å²) >= 11 is 0. The van der Waals surface area contributed by atoms with E-state index < -0.39 is 0 Å². The summed E-state index contributed by atoms with van der Waals surface area (Å²) in [6.45, 7) is 10.3. The van der Waals surface area contributed by atoms with Gasteiger partial charge in [-0.2, -0.15) is 0 Å². The standard InChI is InChI=1S/C25H37N5O2.HI/c1-5-29-12-14-30(15-13-29)19-22-9-7-6-8-21(22)18-28-25(26-2)27-17-20-10-11-23(31-3)24(16-20)32-4;/h6-11,16H,5,12-15,17-19H2,1-4H3,(H2,26,27,28);1H. The Kier molecular flexibility index (Phi) is 11.8. The van der Waals surface area contributed by atoms with E-state index in [9.17, 15) is 0 Å². The van der Waals surface area contributed by atoms with Crippen molar-refractivity contribution in [1.82, 2.24) is 20.4 Å². The molecule has 2 aromatic carbocycles. The lowest BCUT2D eigenvalue weighted by Crippen LogP contribution is -2.45. The third-order valence-electron chi connectivity index (χ3n) is 6.00. The van der Waals surface area contributed by atoms with E-state index in [0.29, 0.717) is 6.54 Å². The van der Waals surface area contributed by atoms with Crippen molar-refractivity contribution in [3.63, 3.8) is 0 Å². The third-order valence-corrected chi connectivity index (χ3v) is 6.00. The predicted molar refractivity (Wildman–Crippen MR) is 146 cm³/mol. The first-order valence-electron chi connectivity index (χ1n) is 11.3. The molecule has 0 radical (unpaired) electrons. The Bertz CT molecular complexity index is 885. The smallest absolute Gasteiger partial charge is 0.191 e. The van der Waals surface area contributed by atoms with Crippen LogP contribution in [0, 0.1) is 0 Å². The molecule has 1 aliphatic heterocycles. The fraction of sp³-hybridized carbons (Fsp3) is 0.480. The Hall–Kier alpha value is -2.04. The number of hydrogen-bond acceptors (Lipinski definition) is 5. The van der Waals surface area contributed by atoms with Crippen LogP contribution in [-0.2, 0) is 19.6 Å². The minimum absolute atomic E-state index is 0. The van der Waals surface area contributed by atoms with E-state index in [0.717, 1.165) is 68.8 Å². The lowest BCUT2D eigenvalue weighted by atomic mass is 10.1. The highest BCUT2D eigenvalue weighted by Gasteiger charge is 2.16. The van der Waals surface area contributed by atoms with Gasteiger partial charge in [0, 0.05) is 52.9 Å². The second-order valence-electron chi connectivity index (χ2n) is 7.95. The average Bonchev–Trinajstić information content (AvgIpc) is 2.85. The second-order valence-corrected chi connectivity index (χ2v) is 7.95. The molecule has 33 heavy (non-hydrogen) atoms. The Balaban J connectivity index is 0.00000385. The summed E-state index contributed by atoms with van der Waals surface area (Å²) < 4.78 is 10.7. The number of piperazine rings is 1. The zero-order chi connectivity index (χ0) is 22.8. The fourth-order valence-electron chi connectivity index (χ4n) is 3.96. The topological polar surface area (TPSA) is 61.4 Å². The Morgan fingerprint density at radius 2 is 1.52 bits per heavy atom. The first kappa shape index (κ1) is 27.2. The molecular formula is C25H38IN5O2. The molecule has 1 heterocycles. The molecule has 8 heteroatoms. The first-order chi connectivity index (χ1) is 15.7. The van der Waals surface area contributed by atoms with Crippen molar-refractivity contribution in [2.45, 2.75) is 26.6 Å². The maximum atomic E-state index is 5.40. The fourth-order valence-corrected chi connectivity index (χ4v) is 3.96. The molecule has 0 aromatic heterocycles. The average molecular weight is 568 g/mol. The molecule has 0 spiro atoms. The normalized spacial score (nSPS) is 15.0. The maximum Gasteiger partial charge on any atom is 0.191 e. The molecule has 2 aromatic rings. The van der Waals surface area contributed by atoms with Crippen LogP contribution in [0.3, 0.4) is 0 Å². The number of hydrogen-bond donors (Lipinski definition) is 2. The number of guanidine groups is 1. The van der Waals surface area contributed by atoms with Crippen LogP contribution < -0.4 is 20.1 Å². The van der Waals surface area contributed by atoms with Gasteiger partial charge >= 0.3 is 0 Å². The van der Waals surface area contributed by atoms with Gasteiger partial charge in [0.25, 0.3) is 0 Å². The van der Waals surface area contributed by atoms with E-state index in [4.69, 9.17) is 9.47 Å². The highest BCUT2D eigenvalue weighted by molar-refractivity contribution is 14.0. The lowest BCUT2D eigenvalue weighted by molar-refractivity contribution is 0.131. The summed E-state index contributed by atoms with van der Waals surface area (Å²) in [5, 5.41) is 6.84. The van der Waals surface area contributed by atoms with Crippen molar-refractivity contribution < 1.29 is 9.47 Å². The third kappa shape index (κ3) is 8.04. The highest BCUT2D eigenvalue weighted by Crippen LogP contribution is 2.27. The summed E-state index contributed by atoms with van der Waals surface area (Å²) in [5.41, 5.74) is 3.78. The molecule has 1 aliphatic rings. The Morgan fingerprint density at radius 1 is 0.879 bits per heavy atom. The van der Waals surface area contributed by atoms with Gasteiger partial charge in [0.05, 0.1) is 14.2 Å². The van der Waals surface area contributed by atoms with Gasteiger partial charge in [0.2, 0.25) is 0 Å². The number of methoxy groups -OCH3 is 2. The van der Waals surface area contributed by atoms with Gasteiger partial charge < -0.3 is 25.0 Å². The molecule has 0 aliphatic carbocycles. The monoisotopic (exact) mass is 567 g/mol. The zero-order valence-electron chi connectivity index (χ0n) is 20.3. The number of likely N-dealkylation sites (N-methyl/N-ethyl adjacent to an activating group) is 1. The van der Waals surface area contributed by atoms with Crippen LogP contribution in [0.25, 0.3) is 0 Å². The quantitative estimate of drug-likeness (QED) is 0.276. The molecule has 0 atom stereocenters. The van der Waals surface area contributed by atoms with Gasteiger partial charge in [-0.25, -0.2) is 0 Å². The number of halogens is 1. The molecule has 3 rings (SSSR count). The SMILES string of the molecule is CCN1CCN(Cc2ccccc2CNC(=NC)NCc2ccc(OC)c(OC)c2)CC1.I. The number of nitrogens with one attached hydrogen (secondary N) is 2. The molecule has 182 valence electrons. The van der Waals surface area contributed by atoms with Crippen LogP contribution in [0.1, 0.15) is 23.6 Å². The number of nitrogens with zero attached hydrogens (tertiary/aromatic N) is 3. The van der Waals surface area contributed by atoms with Gasteiger partial charge in [-0.1, -0.05) is 37.3 Å². The van der Waals surface area contributed by atoms with E-state index in [-0.39, 0.29) is 24.0 Å². The molecule has 1 saturated heterocycles. The van der Waals surface area contributed by atoms with Crippen LogP contribution in [0.2, 0.25) is 0 Å². The van der Waals surface area contributed by atoms with Crippen molar-refractivity contribution in [3.8, 4) is 11.5 Å². The van der Waals surface area contributed by atoms with Gasteiger partial charge in [-0.3, -0.25) is 9.89 Å². The number of ether oxygens (including phenoxy) is 2.